The Hall–Kier alpha value is -4.43. The van der Waals surface area contributed by atoms with Crippen molar-refractivity contribution in [1.82, 2.24) is 20.1 Å². The SMILES string of the molecule is Cc1ccc(C(=O)NCc2nnc(SCC(=O)Nc3ccccc3C(F)(F)F)n2-c2cccc(Cl)c2)cc1[N+](=O)[O-]. The summed E-state index contributed by atoms with van der Waals surface area (Å²) in [4.78, 5) is 36.0. The van der Waals surface area contributed by atoms with Gasteiger partial charge in [0.2, 0.25) is 5.91 Å². The summed E-state index contributed by atoms with van der Waals surface area (Å²) in [5.41, 5.74) is -0.571. The van der Waals surface area contributed by atoms with Gasteiger partial charge in [-0.25, -0.2) is 0 Å². The van der Waals surface area contributed by atoms with E-state index in [2.05, 4.69) is 20.8 Å². The van der Waals surface area contributed by atoms with E-state index in [0.29, 0.717) is 16.3 Å². The lowest BCUT2D eigenvalue weighted by atomic mass is 10.1. The van der Waals surface area contributed by atoms with E-state index in [1.165, 1.54) is 34.9 Å². The van der Waals surface area contributed by atoms with Gasteiger partial charge in [0.25, 0.3) is 11.6 Å². The molecule has 1 aromatic heterocycles. The number of amides is 2. The Kier molecular flexibility index (Phi) is 8.93. The van der Waals surface area contributed by atoms with Gasteiger partial charge in [0.1, 0.15) is 0 Å². The highest BCUT2D eigenvalue weighted by Gasteiger charge is 2.33. The molecule has 4 aromatic rings. The third-order valence-electron chi connectivity index (χ3n) is 5.68. The lowest BCUT2D eigenvalue weighted by molar-refractivity contribution is -0.385. The molecule has 2 amide bonds. The van der Waals surface area contributed by atoms with Crippen LogP contribution in [0.2, 0.25) is 5.02 Å². The molecule has 0 aliphatic rings. The lowest BCUT2D eigenvalue weighted by Crippen LogP contribution is -2.25. The maximum absolute atomic E-state index is 13.3. The Labute approximate surface area is 240 Å². The number of para-hydroxylation sites is 1. The first kappa shape index (κ1) is 29.6. The number of nitro groups is 1. The quantitative estimate of drug-likeness (QED) is 0.140. The zero-order valence-electron chi connectivity index (χ0n) is 21.1. The van der Waals surface area contributed by atoms with Crippen LogP contribution in [0.3, 0.4) is 0 Å². The Balaban J connectivity index is 1.53. The zero-order valence-corrected chi connectivity index (χ0v) is 22.7. The van der Waals surface area contributed by atoms with Crippen molar-refractivity contribution in [3.05, 3.63) is 104 Å². The van der Waals surface area contributed by atoms with Gasteiger partial charge in [0.05, 0.1) is 34.2 Å². The summed E-state index contributed by atoms with van der Waals surface area (Å²) >= 11 is 7.07. The number of halogens is 4. The molecule has 0 fully saturated rings. The summed E-state index contributed by atoms with van der Waals surface area (Å²) in [6.45, 7) is 1.41. The number of nitrogens with one attached hydrogen (secondary N) is 2. The van der Waals surface area contributed by atoms with Gasteiger partial charge in [-0.3, -0.25) is 24.3 Å². The largest absolute Gasteiger partial charge is 0.418 e. The summed E-state index contributed by atoms with van der Waals surface area (Å²) in [6.07, 6.45) is -4.65. The highest BCUT2D eigenvalue weighted by Crippen LogP contribution is 2.34. The summed E-state index contributed by atoms with van der Waals surface area (Å²) in [5.74, 6) is -1.36. The fourth-order valence-electron chi connectivity index (χ4n) is 3.75. The van der Waals surface area contributed by atoms with Crippen LogP contribution in [-0.2, 0) is 17.5 Å². The first-order valence-corrected chi connectivity index (χ1v) is 13.1. The fourth-order valence-corrected chi connectivity index (χ4v) is 4.70. The van der Waals surface area contributed by atoms with Crippen molar-refractivity contribution in [2.75, 3.05) is 11.1 Å². The minimum atomic E-state index is -4.65. The molecule has 0 saturated carbocycles. The van der Waals surface area contributed by atoms with Crippen LogP contribution < -0.4 is 10.6 Å². The van der Waals surface area contributed by atoms with Gasteiger partial charge in [0, 0.05) is 22.2 Å². The van der Waals surface area contributed by atoms with E-state index >= 15 is 0 Å². The Morgan fingerprint density at radius 1 is 1.07 bits per heavy atom. The minimum absolute atomic E-state index is 0.0709. The average Bonchev–Trinajstić information content (AvgIpc) is 3.33. The summed E-state index contributed by atoms with van der Waals surface area (Å²) in [6, 6.07) is 15.3. The van der Waals surface area contributed by atoms with E-state index in [9.17, 15) is 32.9 Å². The number of hydrogen-bond acceptors (Lipinski definition) is 7. The Morgan fingerprint density at radius 2 is 1.83 bits per heavy atom. The maximum atomic E-state index is 13.3. The van der Waals surface area contributed by atoms with Crippen LogP contribution in [0.4, 0.5) is 24.5 Å². The average molecular weight is 605 g/mol. The molecule has 41 heavy (non-hydrogen) atoms. The van der Waals surface area contributed by atoms with Gasteiger partial charge in [-0.15, -0.1) is 10.2 Å². The second kappa shape index (κ2) is 12.4. The molecule has 1 heterocycles. The summed E-state index contributed by atoms with van der Waals surface area (Å²) < 4.78 is 41.4. The predicted octanol–water partition coefficient (Wildman–Crippen LogP) is 5.82. The molecule has 0 aliphatic carbocycles. The summed E-state index contributed by atoms with van der Waals surface area (Å²) in [7, 11) is 0. The highest BCUT2D eigenvalue weighted by atomic mass is 35.5. The van der Waals surface area contributed by atoms with Crippen LogP contribution >= 0.6 is 23.4 Å². The second-order valence-corrected chi connectivity index (χ2v) is 9.91. The minimum Gasteiger partial charge on any atom is -0.345 e. The zero-order chi connectivity index (χ0) is 29.7. The van der Waals surface area contributed by atoms with Crippen LogP contribution in [-0.4, -0.2) is 37.3 Å². The Morgan fingerprint density at radius 3 is 2.54 bits per heavy atom. The molecule has 0 aliphatic heterocycles. The van der Waals surface area contributed by atoms with Crippen molar-refractivity contribution in [3.63, 3.8) is 0 Å². The normalized spacial score (nSPS) is 11.2. The molecule has 212 valence electrons. The molecule has 3 aromatic carbocycles. The number of aromatic nitrogens is 3. The van der Waals surface area contributed by atoms with Crippen molar-refractivity contribution >= 4 is 46.6 Å². The number of nitrogens with zero attached hydrogens (tertiary/aromatic N) is 4. The molecule has 4 rings (SSSR count). The molecular weight excluding hydrogens is 585 g/mol. The third-order valence-corrected chi connectivity index (χ3v) is 6.84. The molecule has 0 spiro atoms. The van der Waals surface area contributed by atoms with Gasteiger partial charge in [-0.1, -0.05) is 47.6 Å². The van der Waals surface area contributed by atoms with Crippen molar-refractivity contribution in [2.45, 2.75) is 24.8 Å². The molecule has 0 saturated heterocycles. The third kappa shape index (κ3) is 7.21. The van der Waals surface area contributed by atoms with Crippen molar-refractivity contribution in [1.29, 1.82) is 0 Å². The number of carbonyl (C=O) groups excluding carboxylic acids is 2. The van der Waals surface area contributed by atoms with Gasteiger partial charge < -0.3 is 10.6 Å². The number of rotatable bonds is 9. The topological polar surface area (TPSA) is 132 Å². The van der Waals surface area contributed by atoms with E-state index in [-0.39, 0.29) is 40.2 Å². The van der Waals surface area contributed by atoms with Crippen molar-refractivity contribution in [2.24, 2.45) is 0 Å². The molecule has 0 radical (unpaired) electrons. The van der Waals surface area contributed by atoms with E-state index in [1.807, 2.05) is 0 Å². The molecule has 2 N–H and O–H groups in total. The number of aryl methyl sites for hydroxylation is 1. The first-order chi connectivity index (χ1) is 19.4. The van der Waals surface area contributed by atoms with E-state index < -0.39 is 28.5 Å². The first-order valence-electron chi connectivity index (χ1n) is 11.8. The molecule has 0 atom stereocenters. The highest BCUT2D eigenvalue weighted by molar-refractivity contribution is 7.99. The second-order valence-electron chi connectivity index (χ2n) is 8.54. The van der Waals surface area contributed by atoms with Gasteiger partial charge in [-0.2, -0.15) is 13.2 Å². The van der Waals surface area contributed by atoms with Crippen molar-refractivity contribution in [3.8, 4) is 5.69 Å². The van der Waals surface area contributed by atoms with Gasteiger partial charge >= 0.3 is 6.18 Å². The van der Waals surface area contributed by atoms with E-state index in [1.54, 1.807) is 31.2 Å². The van der Waals surface area contributed by atoms with Crippen LogP contribution in [0, 0.1) is 17.0 Å². The van der Waals surface area contributed by atoms with E-state index in [4.69, 9.17) is 11.6 Å². The molecular formula is C26H20ClF3N6O4S. The fraction of sp³-hybridized carbons (Fsp3) is 0.154. The smallest absolute Gasteiger partial charge is 0.345 e. The number of alkyl halides is 3. The standard InChI is InChI=1S/C26H20ClF3N6O4S/c1-15-9-10-16(11-21(15)36(39)40)24(38)31-13-22-33-34-25(35(22)18-6-4-5-17(27)12-18)41-14-23(37)32-20-8-3-2-7-19(20)26(28,29)30/h2-12H,13-14H2,1H3,(H,31,38)(H,32,37). The summed E-state index contributed by atoms with van der Waals surface area (Å²) in [5, 5.41) is 24.9. The molecule has 0 bridgehead atoms. The van der Waals surface area contributed by atoms with Gasteiger partial charge in [0.15, 0.2) is 11.0 Å². The predicted molar refractivity (Wildman–Crippen MR) is 146 cm³/mol. The molecule has 15 heteroatoms. The van der Waals surface area contributed by atoms with Gasteiger partial charge in [-0.05, 0) is 43.3 Å². The Bertz CT molecular complexity index is 1630. The maximum Gasteiger partial charge on any atom is 0.418 e. The van der Waals surface area contributed by atoms with E-state index in [0.717, 1.165) is 23.9 Å². The molecule has 0 unspecified atom stereocenters. The molecule has 10 nitrogen and oxygen atoms in total. The number of nitro benzene ring substituents is 1. The number of benzene rings is 3. The van der Waals surface area contributed by atoms with Crippen molar-refractivity contribution < 1.29 is 27.7 Å². The number of carbonyl (C=O) groups is 2. The van der Waals surface area contributed by atoms with Crippen LogP contribution in [0.1, 0.15) is 27.3 Å². The van der Waals surface area contributed by atoms with Crippen LogP contribution in [0.5, 0.6) is 0 Å². The number of thioether (sulfide) groups is 1. The number of hydrogen-bond donors (Lipinski definition) is 2. The lowest BCUT2D eigenvalue weighted by Gasteiger charge is -2.14. The van der Waals surface area contributed by atoms with Crippen LogP contribution in [0.25, 0.3) is 5.69 Å². The number of anilines is 1. The van der Waals surface area contributed by atoms with Crippen LogP contribution in [0.15, 0.2) is 71.9 Å². The monoisotopic (exact) mass is 604 g/mol.